The molecule has 10 heteroatoms. The molecule has 7 nitrogen and oxygen atoms in total. The fraction of sp³-hybridized carbons (Fsp3) is 0.148. The predicted molar refractivity (Wildman–Crippen MR) is 556 cm³/mol. The molecule has 0 aliphatic heterocycles. The Morgan fingerprint density at radius 3 is 0.932 bits per heavy atom. The number of benzene rings is 16. The largest absolute Gasteiger partial charge is 0.456 e. The summed E-state index contributed by atoms with van der Waals surface area (Å²) in [5.41, 5.74) is 32.7. The number of furan rings is 3. The first kappa shape index (κ1) is 83.1. The van der Waals surface area contributed by atoms with Gasteiger partial charge in [-0.2, -0.15) is 0 Å². The second-order valence-electron chi connectivity index (χ2n) is 40.1. The van der Waals surface area contributed by atoms with Gasteiger partial charge in [-0.15, -0.1) is 0 Å². The topological polar surface area (TPSA) is 52.4 Å². The number of para-hydroxylation sites is 5. The highest BCUT2D eigenvalue weighted by Gasteiger charge is 2.53. The summed E-state index contributed by atoms with van der Waals surface area (Å²) >= 11 is 0. The van der Waals surface area contributed by atoms with Gasteiger partial charge in [-0.3, -0.25) is 0 Å². The smallest absolute Gasteiger partial charge is 0.148 e. The second-order valence-corrected chi connectivity index (χ2v) is 50.3. The molecule has 0 spiro atoms. The van der Waals surface area contributed by atoms with E-state index in [4.69, 9.17) is 13.3 Å². The van der Waals surface area contributed by atoms with Crippen molar-refractivity contribution in [2.24, 2.45) is 0 Å². The van der Waals surface area contributed by atoms with Crippen LogP contribution in [0.2, 0.25) is 39.3 Å². The first-order valence-corrected chi connectivity index (χ1v) is 53.2. The van der Waals surface area contributed by atoms with Crippen molar-refractivity contribution in [3.63, 3.8) is 0 Å². The Kier molecular flexibility index (Phi) is 19.7. The quantitative estimate of drug-likeness (QED) is 0.0842. The van der Waals surface area contributed by atoms with Crippen LogP contribution >= 0.6 is 0 Å². The molecule has 0 fully saturated rings. The van der Waals surface area contributed by atoms with E-state index in [1.807, 2.05) is 66.7 Å². The number of anilines is 12. The Labute approximate surface area is 776 Å². The van der Waals surface area contributed by atoms with Crippen LogP contribution < -0.4 is 30.0 Å². The maximum atomic E-state index is 17.9. The maximum absolute atomic E-state index is 17.9. The molecule has 0 saturated heterocycles. The molecule has 0 atom stereocenters. The molecule has 3 aromatic heterocycles. The molecule has 646 valence electrons. The van der Waals surface area contributed by atoms with Gasteiger partial charge >= 0.3 is 0 Å². The van der Waals surface area contributed by atoms with E-state index in [0.29, 0.717) is 5.69 Å². The van der Waals surface area contributed by atoms with Crippen molar-refractivity contribution in [1.82, 2.24) is 0 Å². The fourth-order valence-corrected chi connectivity index (χ4v) is 24.0. The average Bonchev–Trinajstić information content (AvgIpc) is 1.52. The third kappa shape index (κ3) is 13.7. The van der Waals surface area contributed by atoms with Gasteiger partial charge in [0.2, 0.25) is 0 Å². The van der Waals surface area contributed by atoms with Gasteiger partial charge in [-0.05, 0) is 214 Å². The summed E-state index contributed by atoms with van der Waals surface area (Å²) in [4.78, 5) is 9.25. The Morgan fingerprint density at radius 2 is 0.530 bits per heavy atom. The SMILES string of the molecule is CC1(C)c2cc(N(c3ccccc3)c3ccc([Si](C)(C)C)cc3)ccc2-c2oc3c(c21)C(C)(C)c1cc(N(c2ccccc2)c2ccc4c(c2)oc2ccccc24)ccc1-3.CC1(C)c2cc(N(c3ccccc3)c3ccc([Si](C)(C)C)cc3)ccc2-c2oc3c(c21)C(C)(C)c1cc(N(c2ccccc2-c2ccccc2)c2c(F)cc(-c4ccccc4)cc2-c2ccccc2)ccc1-3. The Bertz CT molecular complexity index is 7710. The summed E-state index contributed by atoms with van der Waals surface area (Å²) in [7, 11) is -2.93. The number of nitrogens with zero attached hydrogens (tertiary/aromatic N) is 4. The first-order chi connectivity index (χ1) is 63.7. The molecule has 0 amide bonds. The molecule has 0 saturated carbocycles. The van der Waals surface area contributed by atoms with E-state index in [1.54, 1.807) is 6.07 Å². The Hall–Kier alpha value is -14.6. The summed E-state index contributed by atoms with van der Waals surface area (Å²) in [5.74, 6) is 3.56. The summed E-state index contributed by atoms with van der Waals surface area (Å²) in [6.45, 7) is 33.3. The minimum absolute atomic E-state index is 0.290. The number of hydrogen-bond donors (Lipinski definition) is 0. The summed E-state index contributed by atoms with van der Waals surface area (Å²) in [6.07, 6.45) is 0. The molecule has 23 rings (SSSR count). The molecule has 16 aromatic carbocycles. The zero-order valence-corrected chi connectivity index (χ0v) is 79.3. The molecule has 4 aliphatic rings. The summed E-state index contributed by atoms with van der Waals surface area (Å²) in [6, 6.07) is 136. The van der Waals surface area contributed by atoms with E-state index in [2.05, 4.69) is 424 Å². The zero-order valence-electron chi connectivity index (χ0n) is 77.3. The van der Waals surface area contributed by atoms with Gasteiger partial charge in [0.05, 0.1) is 27.5 Å². The third-order valence-corrected chi connectivity index (χ3v) is 32.5. The van der Waals surface area contributed by atoms with Crippen LogP contribution in [0.4, 0.5) is 72.6 Å². The summed E-state index contributed by atoms with van der Waals surface area (Å²) < 4.78 is 38.6. The number of fused-ring (bicyclic) bond motifs is 17. The number of halogens is 1. The van der Waals surface area contributed by atoms with Crippen LogP contribution in [0.1, 0.15) is 99.9 Å². The molecular formula is C122H105FN4O3Si2. The lowest BCUT2D eigenvalue weighted by molar-refractivity contribution is 0.592. The minimum atomic E-state index is -1.49. The van der Waals surface area contributed by atoms with Crippen LogP contribution in [-0.2, 0) is 21.7 Å². The predicted octanol–water partition coefficient (Wildman–Crippen LogP) is 33.8. The van der Waals surface area contributed by atoms with Gasteiger partial charge in [0, 0.05) is 151 Å². The van der Waals surface area contributed by atoms with E-state index in [-0.39, 0.29) is 22.1 Å². The lowest BCUT2D eigenvalue weighted by atomic mass is 9.74. The lowest BCUT2D eigenvalue weighted by Gasteiger charge is -2.32. The van der Waals surface area contributed by atoms with Crippen LogP contribution in [0.25, 0.3) is 101 Å². The zero-order chi connectivity index (χ0) is 90.6. The van der Waals surface area contributed by atoms with Crippen LogP contribution in [0.3, 0.4) is 0 Å². The summed E-state index contributed by atoms with van der Waals surface area (Å²) in [5, 5.41) is 5.15. The Morgan fingerprint density at radius 1 is 0.227 bits per heavy atom. The highest BCUT2D eigenvalue weighted by molar-refractivity contribution is 6.89. The van der Waals surface area contributed by atoms with Gasteiger partial charge in [0.15, 0.2) is 0 Å². The van der Waals surface area contributed by atoms with E-state index < -0.39 is 21.6 Å². The highest BCUT2D eigenvalue weighted by Crippen LogP contribution is 2.65. The number of hydrogen-bond acceptors (Lipinski definition) is 7. The second kappa shape index (κ2) is 31.4. The molecule has 19 aromatic rings. The van der Waals surface area contributed by atoms with Crippen molar-refractivity contribution < 1.29 is 17.6 Å². The van der Waals surface area contributed by atoms with Crippen molar-refractivity contribution >= 4 is 117 Å². The normalized spacial score (nSPS) is 14.1. The van der Waals surface area contributed by atoms with Gasteiger partial charge < -0.3 is 32.9 Å². The van der Waals surface area contributed by atoms with Crippen LogP contribution in [0, 0.1) is 5.82 Å². The molecule has 0 bridgehead atoms. The van der Waals surface area contributed by atoms with Crippen molar-refractivity contribution in [3.8, 4) is 78.7 Å². The van der Waals surface area contributed by atoms with E-state index in [1.165, 1.54) is 60.4 Å². The Balaban J connectivity index is 0.000000157. The van der Waals surface area contributed by atoms with Crippen molar-refractivity contribution in [1.29, 1.82) is 0 Å². The third-order valence-electron chi connectivity index (χ3n) is 28.4. The van der Waals surface area contributed by atoms with Crippen LogP contribution in [0.15, 0.2) is 395 Å². The molecule has 4 aliphatic carbocycles. The minimum Gasteiger partial charge on any atom is -0.456 e. The van der Waals surface area contributed by atoms with Gasteiger partial charge in [0.25, 0.3) is 0 Å². The molecular weight excluding hydrogens is 1640 g/mol. The molecule has 132 heavy (non-hydrogen) atoms. The van der Waals surface area contributed by atoms with Crippen molar-refractivity contribution in [3.05, 3.63) is 433 Å². The first-order valence-electron chi connectivity index (χ1n) is 46.2. The van der Waals surface area contributed by atoms with Crippen LogP contribution in [-0.4, -0.2) is 16.1 Å². The fourth-order valence-electron chi connectivity index (χ4n) is 21.6. The standard InChI is InChI=1S/C67H57FN2OSi.C55H48N2O2Si/c1-66(2)57-42-50(69(48-28-18-11-19-29-48)49-32-36-52(37-33-49)72(5,6)7)34-38-54(57)64-61(66)62-65(71-64)55-39-35-51(43-58(55)67(62,3)4)70(60-31-21-20-30-53(60)45-24-14-9-15-25-45)63-56(46-26-16-10-17-27-46)40-47(41-59(63)68)44-22-12-8-13-23-44;1-54(2)46-32-38(56(35-16-10-8-11-17-35)37-22-27-41(28-23-37)60(5,6)7)25-30-44(46)52-50(54)51-53(59-52)45-31-26-39(33-47(45)55(51,3)4)57(36-18-12-9-13-19-36)40-24-29-43-42-20-14-15-21-48(42)58-49(43)34-40/h8-43H,1-7H3;8-34H,1-7H3. The van der Waals surface area contributed by atoms with Crippen molar-refractivity contribution in [2.75, 3.05) is 19.6 Å². The average molecular weight is 1750 g/mol. The molecule has 0 unspecified atom stereocenters. The molecule has 0 N–H and O–H groups in total. The molecule has 3 heterocycles. The highest BCUT2D eigenvalue weighted by atomic mass is 28.3. The van der Waals surface area contributed by atoms with Crippen LogP contribution in [0.5, 0.6) is 0 Å². The van der Waals surface area contributed by atoms with E-state index in [9.17, 15) is 0 Å². The molecule has 0 radical (unpaired) electrons. The number of rotatable bonds is 17. The maximum Gasteiger partial charge on any atom is 0.148 e. The monoisotopic (exact) mass is 1750 g/mol. The van der Waals surface area contributed by atoms with E-state index >= 15 is 4.39 Å². The van der Waals surface area contributed by atoms with Crippen molar-refractivity contribution in [2.45, 2.75) is 116 Å². The van der Waals surface area contributed by atoms with Gasteiger partial charge in [-0.1, -0.05) is 311 Å². The van der Waals surface area contributed by atoms with E-state index in [0.717, 1.165) is 158 Å². The van der Waals surface area contributed by atoms with Gasteiger partial charge in [-0.25, -0.2) is 4.39 Å². The lowest BCUT2D eigenvalue weighted by Crippen LogP contribution is -2.37. The van der Waals surface area contributed by atoms with Gasteiger partial charge in [0.1, 0.15) is 40.0 Å².